The highest BCUT2D eigenvalue weighted by atomic mass is 32.2. The minimum atomic E-state index is -0.137. The van der Waals surface area contributed by atoms with Crippen LogP contribution >= 0.6 is 11.8 Å². The minimum Gasteiger partial charge on any atom is -0.426 e. The summed E-state index contributed by atoms with van der Waals surface area (Å²) in [6, 6.07) is 7.69. The number of hydrogen-bond donors (Lipinski definition) is 0. The Bertz CT molecular complexity index is 336. The first-order valence-corrected chi connectivity index (χ1v) is 6.79. The number of para-hydroxylation sites is 1. The highest BCUT2D eigenvalue weighted by Crippen LogP contribution is 2.19. The van der Waals surface area contributed by atoms with Gasteiger partial charge >= 0.3 is 5.97 Å². The summed E-state index contributed by atoms with van der Waals surface area (Å²) >= 11 is 1.76. The standard InChI is InChI=1S/C13H18O2S/c1-3-11-7-5-6-8-12(11)15-13(14)9-10-16-4-2/h5-8H,3-4,9-10H2,1-2H3. The van der Waals surface area contributed by atoms with Crippen molar-refractivity contribution in [1.82, 2.24) is 0 Å². The number of benzene rings is 1. The van der Waals surface area contributed by atoms with E-state index in [0.717, 1.165) is 23.5 Å². The molecule has 2 nitrogen and oxygen atoms in total. The maximum atomic E-state index is 11.5. The van der Waals surface area contributed by atoms with Crippen molar-refractivity contribution in [3.05, 3.63) is 29.8 Å². The van der Waals surface area contributed by atoms with E-state index in [9.17, 15) is 4.79 Å². The van der Waals surface area contributed by atoms with Crippen LogP contribution in [0.2, 0.25) is 0 Å². The lowest BCUT2D eigenvalue weighted by Gasteiger charge is -2.08. The summed E-state index contributed by atoms with van der Waals surface area (Å²) in [5, 5.41) is 0. The molecule has 0 amide bonds. The molecule has 0 atom stereocenters. The molecule has 0 unspecified atom stereocenters. The Kier molecular flexibility index (Phi) is 6.01. The molecule has 0 aromatic heterocycles. The van der Waals surface area contributed by atoms with Gasteiger partial charge in [-0.05, 0) is 23.8 Å². The molecule has 0 heterocycles. The third-order valence-electron chi connectivity index (χ3n) is 2.23. The Balaban J connectivity index is 2.49. The van der Waals surface area contributed by atoms with E-state index in [2.05, 4.69) is 13.8 Å². The van der Waals surface area contributed by atoms with Gasteiger partial charge in [0.25, 0.3) is 0 Å². The Labute approximate surface area is 101 Å². The van der Waals surface area contributed by atoms with Crippen molar-refractivity contribution in [1.29, 1.82) is 0 Å². The average Bonchev–Trinajstić information content (AvgIpc) is 2.30. The Morgan fingerprint density at radius 1 is 1.31 bits per heavy atom. The summed E-state index contributed by atoms with van der Waals surface area (Å²) in [6.07, 6.45) is 1.36. The molecule has 0 spiro atoms. The van der Waals surface area contributed by atoms with E-state index in [-0.39, 0.29) is 5.97 Å². The van der Waals surface area contributed by atoms with Gasteiger partial charge in [-0.25, -0.2) is 0 Å². The molecule has 16 heavy (non-hydrogen) atoms. The van der Waals surface area contributed by atoms with Gasteiger partial charge in [-0.15, -0.1) is 0 Å². The SMILES string of the molecule is CCSCCC(=O)Oc1ccccc1CC. The average molecular weight is 238 g/mol. The maximum absolute atomic E-state index is 11.5. The fourth-order valence-corrected chi connectivity index (χ4v) is 1.97. The van der Waals surface area contributed by atoms with Crippen LogP contribution in [0.3, 0.4) is 0 Å². The number of carbonyl (C=O) groups excluding carboxylic acids is 1. The molecule has 1 aromatic carbocycles. The molecule has 1 aromatic rings. The molecule has 0 radical (unpaired) electrons. The first-order valence-electron chi connectivity index (χ1n) is 5.64. The molecule has 0 aliphatic rings. The third kappa shape index (κ3) is 4.27. The van der Waals surface area contributed by atoms with Crippen molar-refractivity contribution in [2.75, 3.05) is 11.5 Å². The third-order valence-corrected chi connectivity index (χ3v) is 3.13. The zero-order valence-corrected chi connectivity index (χ0v) is 10.7. The van der Waals surface area contributed by atoms with Gasteiger partial charge in [0, 0.05) is 5.75 Å². The number of aryl methyl sites for hydroxylation is 1. The van der Waals surface area contributed by atoms with E-state index in [1.54, 1.807) is 11.8 Å². The van der Waals surface area contributed by atoms with Gasteiger partial charge in [0.05, 0.1) is 6.42 Å². The Morgan fingerprint density at radius 2 is 2.06 bits per heavy atom. The highest BCUT2D eigenvalue weighted by Gasteiger charge is 2.07. The lowest BCUT2D eigenvalue weighted by Crippen LogP contribution is -2.10. The maximum Gasteiger partial charge on any atom is 0.312 e. The molecule has 0 saturated carbocycles. The van der Waals surface area contributed by atoms with Crippen LogP contribution in [-0.2, 0) is 11.2 Å². The van der Waals surface area contributed by atoms with Gasteiger partial charge in [-0.2, -0.15) is 11.8 Å². The van der Waals surface area contributed by atoms with E-state index < -0.39 is 0 Å². The molecular formula is C13H18O2S. The van der Waals surface area contributed by atoms with Crippen molar-refractivity contribution in [3.63, 3.8) is 0 Å². The topological polar surface area (TPSA) is 26.3 Å². The lowest BCUT2D eigenvalue weighted by molar-refractivity contribution is -0.133. The summed E-state index contributed by atoms with van der Waals surface area (Å²) in [7, 11) is 0. The van der Waals surface area contributed by atoms with Crippen LogP contribution in [-0.4, -0.2) is 17.5 Å². The molecule has 3 heteroatoms. The van der Waals surface area contributed by atoms with Gasteiger partial charge in [0.1, 0.15) is 5.75 Å². The van der Waals surface area contributed by atoms with Crippen molar-refractivity contribution < 1.29 is 9.53 Å². The number of thioether (sulfide) groups is 1. The lowest BCUT2D eigenvalue weighted by atomic mass is 10.1. The van der Waals surface area contributed by atoms with Gasteiger partial charge in [0.2, 0.25) is 0 Å². The van der Waals surface area contributed by atoms with Crippen LogP contribution in [0.1, 0.15) is 25.8 Å². The molecule has 1 rings (SSSR count). The van der Waals surface area contributed by atoms with E-state index in [1.165, 1.54) is 0 Å². The molecule has 0 bridgehead atoms. The molecule has 0 fully saturated rings. The van der Waals surface area contributed by atoms with Crippen LogP contribution in [0.4, 0.5) is 0 Å². The van der Waals surface area contributed by atoms with Gasteiger partial charge in [0.15, 0.2) is 0 Å². The first kappa shape index (κ1) is 13.1. The van der Waals surface area contributed by atoms with Crippen molar-refractivity contribution >= 4 is 17.7 Å². The molecule has 0 N–H and O–H groups in total. The van der Waals surface area contributed by atoms with E-state index >= 15 is 0 Å². The fraction of sp³-hybridized carbons (Fsp3) is 0.462. The van der Waals surface area contributed by atoms with Crippen molar-refractivity contribution in [2.24, 2.45) is 0 Å². The molecular weight excluding hydrogens is 220 g/mol. The summed E-state index contributed by atoms with van der Waals surface area (Å²) in [5.41, 5.74) is 1.08. The smallest absolute Gasteiger partial charge is 0.312 e. The number of ether oxygens (including phenoxy) is 1. The first-order chi connectivity index (χ1) is 7.77. The Morgan fingerprint density at radius 3 is 2.75 bits per heavy atom. The number of esters is 1. The second-order valence-electron chi connectivity index (χ2n) is 3.38. The summed E-state index contributed by atoms with van der Waals surface area (Å²) < 4.78 is 5.33. The van der Waals surface area contributed by atoms with Crippen LogP contribution in [0.25, 0.3) is 0 Å². The minimum absolute atomic E-state index is 0.137. The largest absolute Gasteiger partial charge is 0.426 e. The van der Waals surface area contributed by atoms with E-state index in [0.29, 0.717) is 12.2 Å². The summed E-state index contributed by atoms with van der Waals surface area (Å²) in [4.78, 5) is 11.5. The molecule has 0 aliphatic heterocycles. The van der Waals surface area contributed by atoms with E-state index in [4.69, 9.17) is 4.74 Å². The zero-order chi connectivity index (χ0) is 11.8. The number of hydrogen-bond acceptors (Lipinski definition) is 3. The van der Waals surface area contributed by atoms with Gasteiger partial charge < -0.3 is 4.74 Å². The van der Waals surface area contributed by atoms with Gasteiger partial charge in [-0.1, -0.05) is 32.0 Å². The van der Waals surface area contributed by atoms with E-state index in [1.807, 2.05) is 24.3 Å². The highest BCUT2D eigenvalue weighted by molar-refractivity contribution is 7.99. The van der Waals surface area contributed by atoms with Gasteiger partial charge in [-0.3, -0.25) is 4.79 Å². The van der Waals surface area contributed by atoms with Crippen molar-refractivity contribution in [3.8, 4) is 5.75 Å². The summed E-state index contributed by atoms with van der Waals surface area (Å²) in [6.45, 7) is 4.14. The normalized spacial score (nSPS) is 10.1. The monoisotopic (exact) mass is 238 g/mol. The van der Waals surface area contributed by atoms with Crippen LogP contribution in [0.5, 0.6) is 5.75 Å². The molecule has 0 aliphatic carbocycles. The summed E-state index contributed by atoms with van der Waals surface area (Å²) in [5.74, 6) is 2.45. The number of carbonyl (C=O) groups is 1. The quantitative estimate of drug-likeness (QED) is 0.432. The van der Waals surface area contributed by atoms with Crippen LogP contribution in [0, 0.1) is 0 Å². The van der Waals surface area contributed by atoms with Crippen LogP contribution in [0.15, 0.2) is 24.3 Å². The second-order valence-corrected chi connectivity index (χ2v) is 4.78. The molecule has 88 valence electrons. The molecule has 0 saturated heterocycles. The predicted molar refractivity (Wildman–Crippen MR) is 69.1 cm³/mol. The van der Waals surface area contributed by atoms with Crippen molar-refractivity contribution in [2.45, 2.75) is 26.7 Å². The zero-order valence-electron chi connectivity index (χ0n) is 9.86. The predicted octanol–water partition coefficient (Wildman–Crippen LogP) is 3.30. The second kappa shape index (κ2) is 7.34. The fourth-order valence-electron chi connectivity index (χ4n) is 1.37. The van der Waals surface area contributed by atoms with Crippen LogP contribution < -0.4 is 4.74 Å². The number of rotatable bonds is 6. The Hall–Kier alpha value is -0.960.